The van der Waals surface area contributed by atoms with E-state index in [0.29, 0.717) is 0 Å². The van der Waals surface area contributed by atoms with Crippen molar-refractivity contribution in [2.24, 2.45) is 0 Å². The van der Waals surface area contributed by atoms with Crippen LogP contribution in [0.5, 0.6) is 0 Å². The molecule has 0 N–H and O–H groups in total. The number of rotatable bonds is 3. The van der Waals surface area contributed by atoms with Gasteiger partial charge in [0.1, 0.15) is 0 Å². The number of para-hydroxylation sites is 1. The van der Waals surface area contributed by atoms with Crippen LogP contribution in [-0.4, -0.2) is 9.97 Å². The normalized spacial score (nSPS) is 13.3. The highest BCUT2D eigenvalue weighted by molar-refractivity contribution is 6.08. The second-order valence-corrected chi connectivity index (χ2v) is 12.6. The van der Waals surface area contributed by atoms with Crippen molar-refractivity contribution in [2.45, 2.75) is 19.3 Å². The van der Waals surface area contributed by atoms with Crippen LogP contribution in [0.15, 0.2) is 146 Å². The zero-order chi connectivity index (χ0) is 30.1. The minimum absolute atomic E-state index is 0.0249. The van der Waals surface area contributed by atoms with E-state index in [1.54, 1.807) is 0 Å². The molecule has 2 heteroatoms. The van der Waals surface area contributed by atoms with Crippen LogP contribution in [0, 0.1) is 0 Å². The fourth-order valence-electron chi connectivity index (χ4n) is 7.45. The fourth-order valence-corrected chi connectivity index (χ4v) is 7.45. The standard InChI is InChI=1S/C43H30N2/c1-43(2)37-18-10-8-16-34(37)40-36-26-29(21-20-27(36)22-25-38(40)43)30-23-24-33(32-15-7-6-14-31(30)32)42-44-39-19-11-9-17-35(39)41(45-42)28-12-4-3-5-13-28/h3-26H,1-2H3. The quantitative estimate of drug-likeness (QED) is 0.210. The molecule has 0 spiro atoms. The molecule has 45 heavy (non-hydrogen) atoms. The molecule has 0 atom stereocenters. The summed E-state index contributed by atoms with van der Waals surface area (Å²) in [5, 5.41) is 5.97. The van der Waals surface area contributed by atoms with Crippen LogP contribution >= 0.6 is 0 Å². The van der Waals surface area contributed by atoms with Gasteiger partial charge in [0.25, 0.3) is 0 Å². The zero-order valence-corrected chi connectivity index (χ0v) is 25.3. The summed E-state index contributed by atoms with van der Waals surface area (Å²) in [5.41, 5.74) is 11.9. The molecule has 0 saturated carbocycles. The fraction of sp³-hybridized carbons (Fsp3) is 0.0698. The second-order valence-electron chi connectivity index (χ2n) is 12.6. The van der Waals surface area contributed by atoms with Crippen molar-refractivity contribution < 1.29 is 0 Å². The molecule has 0 fully saturated rings. The highest BCUT2D eigenvalue weighted by Gasteiger charge is 2.36. The third-order valence-electron chi connectivity index (χ3n) is 9.69. The summed E-state index contributed by atoms with van der Waals surface area (Å²) in [5.74, 6) is 0.741. The molecular formula is C43H30N2. The van der Waals surface area contributed by atoms with E-state index in [1.165, 1.54) is 49.5 Å². The molecule has 1 aromatic heterocycles. The van der Waals surface area contributed by atoms with E-state index in [1.807, 2.05) is 12.1 Å². The van der Waals surface area contributed by atoms with E-state index in [0.717, 1.165) is 38.9 Å². The first kappa shape index (κ1) is 25.9. The Morgan fingerprint density at radius 3 is 1.96 bits per heavy atom. The molecular weight excluding hydrogens is 544 g/mol. The third-order valence-corrected chi connectivity index (χ3v) is 9.69. The van der Waals surface area contributed by atoms with Gasteiger partial charge in [-0.1, -0.05) is 141 Å². The van der Waals surface area contributed by atoms with Crippen molar-refractivity contribution in [3.63, 3.8) is 0 Å². The Morgan fingerprint density at radius 1 is 0.444 bits per heavy atom. The van der Waals surface area contributed by atoms with Crippen LogP contribution in [0.25, 0.3) is 77.3 Å². The van der Waals surface area contributed by atoms with Crippen LogP contribution in [0.4, 0.5) is 0 Å². The summed E-state index contributed by atoms with van der Waals surface area (Å²) in [4.78, 5) is 10.3. The van der Waals surface area contributed by atoms with E-state index >= 15 is 0 Å². The number of fused-ring (bicyclic) bond motifs is 7. The molecule has 1 aliphatic carbocycles. The lowest BCUT2D eigenvalue weighted by Gasteiger charge is -2.21. The summed E-state index contributed by atoms with van der Waals surface area (Å²) in [6, 6.07) is 52.3. The van der Waals surface area contributed by atoms with E-state index in [4.69, 9.17) is 9.97 Å². The molecule has 1 aliphatic rings. The smallest absolute Gasteiger partial charge is 0.161 e. The zero-order valence-electron chi connectivity index (χ0n) is 25.3. The highest BCUT2D eigenvalue weighted by Crippen LogP contribution is 2.51. The maximum Gasteiger partial charge on any atom is 0.161 e. The predicted molar refractivity (Wildman–Crippen MR) is 188 cm³/mol. The van der Waals surface area contributed by atoms with Crippen LogP contribution in [-0.2, 0) is 5.41 Å². The molecule has 0 amide bonds. The highest BCUT2D eigenvalue weighted by atomic mass is 14.9. The number of nitrogens with zero attached hydrogens (tertiary/aromatic N) is 2. The van der Waals surface area contributed by atoms with E-state index in [9.17, 15) is 0 Å². The monoisotopic (exact) mass is 574 g/mol. The lowest BCUT2D eigenvalue weighted by molar-refractivity contribution is 0.661. The summed E-state index contributed by atoms with van der Waals surface area (Å²) < 4.78 is 0. The largest absolute Gasteiger partial charge is 0.228 e. The Hall–Kier alpha value is -5.60. The maximum absolute atomic E-state index is 5.20. The third kappa shape index (κ3) is 3.89. The Labute approximate surface area is 262 Å². The summed E-state index contributed by atoms with van der Waals surface area (Å²) in [7, 11) is 0. The molecule has 2 nitrogen and oxygen atoms in total. The molecule has 0 unspecified atom stereocenters. The van der Waals surface area contributed by atoms with Gasteiger partial charge in [-0.05, 0) is 73.1 Å². The number of aromatic nitrogens is 2. The number of hydrogen-bond acceptors (Lipinski definition) is 2. The second kappa shape index (κ2) is 9.70. The Balaban J connectivity index is 1.25. The molecule has 1 heterocycles. The molecule has 8 aromatic rings. The summed E-state index contributed by atoms with van der Waals surface area (Å²) >= 11 is 0. The van der Waals surface area contributed by atoms with Gasteiger partial charge in [0, 0.05) is 21.9 Å². The molecule has 7 aromatic carbocycles. The van der Waals surface area contributed by atoms with Crippen LogP contribution in [0.1, 0.15) is 25.0 Å². The molecule has 0 saturated heterocycles. The molecule has 0 aliphatic heterocycles. The van der Waals surface area contributed by atoms with Gasteiger partial charge in [-0.2, -0.15) is 0 Å². The van der Waals surface area contributed by atoms with Crippen LogP contribution in [0.2, 0.25) is 0 Å². The first-order chi connectivity index (χ1) is 22.1. The van der Waals surface area contributed by atoms with E-state index < -0.39 is 0 Å². The average Bonchev–Trinajstić information content (AvgIpc) is 3.34. The van der Waals surface area contributed by atoms with Gasteiger partial charge in [-0.15, -0.1) is 0 Å². The van der Waals surface area contributed by atoms with Gasteiger partial charge in [-0.25, -0.2) is 9.97 Å². The Morgan fingerprint density at radius 2 is 1.11 bits per heavy atom. The van der Waals surface area contributed by atoms with Crippen molar-refractivity contribution in [1.82, 2.24) is 9.97 Å². The minimum Gasteiger partial charge on any atom is -0.228 e. The minimum atomic E-state index is -0.0249. The van der Waals surface area contributed by atoms with Crippen LogP contribution in [0.3, 0.4) is 0 Å². The SMILES string of the molecule is CC1(C)c2ccccc2-c2c1ccc1ccc(-c3ccc(-c4nc(-c5ccccc5)c5ccccc5n4)c4ccccc34)cc21. The van der Waals surface area contributed by atoms with Crippen molar-refractivity contribution in [3.05, 3.63) is 157 Å². The first-order valence-corrected chi connectivity index (χ1v) is 15.6. The van der Waals surface area contributed by atoms with Gasteiger partial charge >= 0.3 is 0 Å². The lowest BCUT2D eigenvalue weighted by atomic mass is 9.82. The van der Waals surface area contributed by atoms with Gasteiger partial charge < -0.3 is 0 Å². The van der Waals surface area contributed by atoms with Crippen molar-refractivity contribution >= 4 is 32.4 Å². The van der Waals surface area contributed by atoms with E-state index in [2.05, 4.69) is 147 Å². The average molecular weight is 575 g/mol. The molecule has 212 valence electrons. The van der Waals surface area contributed by atoms with E-state index in [-0.39, 0.29) is 5.41 Å². The van der Waals surface area contributed by atoms with Gasteiger partial charge in [0.2, 0.25) is 0 Å². The van der Waals surface area contributed by atoms with Crippen molar-refractivity contribution in [1.29, 1.82) is 0 Å². The number of hydrogen-bond donors (Lipinski definition) is 0. The van der Waals surface area contributed by atoms with Crippen molar-refractivity contribution in [2.75, 3.05) is 0 Å². The molecule has 0 radical (unpaired) electrons. The Kier molecular flexibility index (Phi) is 5.58. The predicted octanol–water partition coefficient (Wildman–Crippen LogP) is 11.2. The first-order valence-electron chi connectivity index (χ1n) is 15.6. The summed E-state index contributed by atoms with van der Waals surface area (Å²) in [6.45, 7) is 4.69. The van der Waals surface area contributed by atoms with Gasteiger partial charge in [0.15, 0.2) is 5.82 Å². The van der Waals surface area contributed by atoms with Crippen LogP contribution < -0.4 is 0 Å². The summed E-state index contributed by atoms with van der Waals surface area (Å²) in [6.07, 6.45) is 0. The molecule has 9 rings (SSSR count). The van der Waals surface area contributed by atoms with Gasteiger partial charge in [-0.3, -0.25) is 0 Å². The molecule has 0 bridgehead atoms. The topological polar surface area (TPSA) is 25.8 Å². The number of benzene rings is 7. The lowest BCUT2D eigenvalue weighted by Crippen LogP contribution is -2.14. The Bertz CT molecular complexity index is 2450. The van der Waals surface area contributed by atoms with Crippen molar-refractivity contribution in [3.8, 4) is 44.9 Å². The maximum atomic E-state index is 5.20. The van der Waals surface area contributed by atoms with Gasteiger partial charge in [0.05, 0.1) is 11.2 Å².